The number of carbonyl (C=O) groups is 2. The van der Waals surface area contributed by atoms with Gasteiger partial charge in [0.05, 0.1) is 12.0 Å². The van der Waals surface area contributed by atoms with Gasteiger partial charge in [0.2, 0.25) is 6.79 Å². The van der Waals surface area contributed by atoms with Crippen LogP contribution in [-0.4, -0.2) is 30.6 Å². The molecule has 1 amide bonds. The van der Waals surface area contributed by atoms with Gasteiger partial charge in [-0.3, -0.25) is 4.79 Å². The topological polar surface area (TPSA) is 94.1 Å². The predicted octanol–water partition coefficient (Wildman–Crippen LogP) is 5.94. The fourth-order valence-electron chi connectivity index (χ4n) is 5.51. The Bertz CT molecular complexity index is 1470. The van der Waals surface area contributed by atoms with Gasteiger partial charge in [-0.1, -0.05) is 84.9 Å². The molecule has 0 saturated carbocycles. The highest BCUT2D eigenvalue weighted by Crippen LogP contribution is 2.44. The molecular weight excluding hydrogens is 494 g/mol. The molecule has 2 unspecified atom stereocenters. The summed E-state index contributed by atoms with van der Waals surface area (Å²) in [6.07, 6.45) is -0.460. The zero-order valence-corrected chi connectivity index (χ0v) is 21.1. The molecular formula is C32H27NO6. The molecule has 1 heterocycles. The maximum Gasteiger partial charge on any atom is 0.407 e. The summed E-state index contributed by atoms with van der Waals surface area (Å²) in [5, 5.41) is 13.1. The van der Waals surface area contributed by atoms with Crippen LogP contribution in [0.15, 0.2) is 97.1 Å². The Balaban J connectivity index is 1.25. The number of alkyl carbamates (subject to hydrolysis) is 1. The quantitative estimate of drug-likeness (QED) is 0.298. The lowest BCUT2D eigenvalue weighted by Gasteiger charge is -2.26. The molecule has 39 heavy (non-hydrogen) atoms. The van der Waals surface area contributed by atoms with Gasteiger partial charge in [-0.05, 0) is 51.9 Å². The summed E-state index contributed by atoms with van der Waals surface area (Å²) >= 11 is 0. The van der Waals surface area contributed by atoms with Gasteiger partial charge in [0.1, 0.15) is 6.61 Å². The third-order valence-electron chi connectivity index (χ3n) is 7.39. The largest absolute Gasteiger partial charge is 0.481 e. The summed E-state index contributed by atoms with van der Waals surface area (Å²) in [6, 6.07) is 29.9. The number of rotatable bonds is 8. The maximum atomic E-state index is 13.2. The van der Waals surface area contributed by atoms with Crippen molar-refractivity contribution in [3.05, 3.63) is 119 Å². The van der Waals surface area contributed by atoms with Crippen molar-refractivity contribution in [3.8, 4) is 22.6 Å². The Labute approximate surface area is 226 Å². The summed E-state index contributed by atoms with van der Waals surface area (Å²) < 4.78 is 16.7. The molecule has 7 nitrogen and oxygen atoms in total. The van der Waals surface area contributed by atoms with Gasteiger partial charge in [-0.25, -0.2) is 4.79 Å². The van der Waals surface area contributed by atoms with E-state index in [0.717, 1.165) is 27.8 Å². The highest BCUT2D eigenvalue weighted by atomic mass is 16.7. The summed E-state index contributed by atoms with van der Waals surface area (Å²) in [4.78, 5) is 25.8. The number of nitrogens with one attached hydrogen (secondary N) is 1. The summed E-state index contributed by atoms with van der Waals surface area (Å²) in [7, 11) is 0. The fourth-order valence-corrected chi connectivity index (χ4v) is 5.51. The highest BCUT2D eigenvalue weighted by Gasteiger charge is 2.34. The SMILES string of the molecule is O=C(NC(c1ccc2c(c1)OCO2)C(Cc1ccccc1)C(=O)O)OCC1c2ccccc2-c2ccccc21. The number of aliphatic carboxylic acids is 1. The molecule has 0 spiro atoms. The Morgan fingerprint density at radius 2 is 1.49 bits per heavy atom. The van der Waals surface area contributed by atoms with Crippen LogP contribution in [0.5, 0.6) is 11.5 Å². The summed E-state index contributed by atoms with van der Waals surface area (Å²) in [6.45, 7) is 0.222. The van der Waals surface area contributed by atoms with E-state index in [1.54, 1.807) is 18.2 Å². The van der Waals surface area contributed by atoms with Crippen LogP contribution in [0.2, 0.25) is 0 Å². The number of amides is 1. The number of carboxylic acid groups (broad SMARTS) is 1. The van der Waals surface area contributed by atoms with Crippen LogP contribution in [0.4, 0.5) is 4.79 Å². The normalized spacial score (nSPS) is 14.7. The van der Waals surface area contributed by atoms with Crippen molar-refractivity contribution in [1.29, 1.82) is 0 Å². The van der Waals surface area contributed by atoms with Crippen molar-refractivity contribution >= 4 is 12.1 Å². The molecule has 2 N–H and O–H groups in total. The monoisotopic (exact) mass is 521 g/mol. The molecule has 0 saturated heterocycles. The van der Waals surface area contributed by atoms with E-state index in [1.807, 2.05) is 54.6 Å². The van der Waals surface area contributed by atoms with E-state index in [4.69, 9.17) is 14.2 Å². The van der Waals surface area contributed by atoms with Gasteiger partial charge in [0, 0.05) is 5.92 Å². The van der Waals surface area contributed by atoms with Crippen molar-refractivity contribution in [3.63, 3.8) is 0 Å². The summed E-state index contributed by atoms with van der Waals surface area (Å²) in [5.74, 6) is -0.996. The first-order chi connectivity index (χ1) is 19.1. The van der Waals surface area contributed by atoms with Gasteiger partial charge in [0.15, 0.2) is 11.5 Å². The first-order valence-corrected chi connectivity index (χ1v) is 12.9. The lowest BCUT2D eigenvalue weighted by atomic mass is 9.87. The molecule has 0 fully saturated rings. The van der Waals surface area contributed by atoms with Crippen molar-refractivity contribution in [2.24, 2.45) is 5.92 Å². The average Bonchev–Trinajstić information content (AvgIpc) is 3.56. The Morgan fingerprint density at radius 1 is 0.846 bits per heavy atom. The van der Waals surface area contributed by atoms with Crippen LogP contribution in [0.3, 0.4) is 0 Å². The van der Waals surface area contributed by atoms with E-state index < -0.39 is 24.0 Å². The molecule has 1 aliphatic carbocycles. The second-order valence-corrected chi connectivity index (χ2v) is 9.69. The van der Waals surface area contributed by atoms with Gasteiger partial charge < -0.3 is 24.6 Å². The smallest absolute Gasteiger partial charge is 0.407 e. The molecule has 7 heteroatoms. The molecule has 1 aliphatic heterocycles. The number of carboxylic acids is 1. The van der Waals surface area contributed by atoms with Crippen molar-refractivity contribution < 1.29 is 28.9 Å². The zero-order valence-electron chi connectivity index (χ0n) is 21.1. The van der Waals surface area contributed by atoms with E-state index in [2.05, 4.69) is 29.6 Å². The maximum absolute atomic E-state index is 13.2. The molecule has 2 atom stereocenters. The molecule has 0 aromatic heterocycles. The van der Waals surface area contributed by atoms with E-state index in [1.165, 1.54) is 0 Å². The second-order valence-electron chi connectivity index (χ2n) is 9.69. The van der Waals surface area contributed by atoms with Crippen LogP contribution >= 0.6 is 0 Å². The predicted molar refractivity (Wildman–Crippen MR) is 145 cm³/mol. The van der Waals surface area contributed by atoms with E-state index >= 15 is 0 Å². The highest BCUT2D eigenvalue weighted by molar-refractivity contribution is 5.79. The second kappa shape index (κ2) is 10.5. The van der Waals surface area contributed by atoms with E-state index in [-0.39, 0.29) is 25.7 Å². The van der Waals surface area contributed by atoms with Gasteiger partial charge in [0.25, 0.3) is 0 Å². The van der Waals surface area contributed by atoms with Crippen LogP contribution in [0.25, 0.3) is 11.1 Å². The third kappa shape index (κ3) is 4.91. The minimum absolute atomic E-state index is 0.0929. The number of ether oxygens (including phenoxy) is 3. The minimum Gasteiger partial charge on any atom is -0.481 e. The first-order valence-electron chi connectivity index (χ1n) is 12.9. The molecule has 4 aromatic rings. The number of hydrogen-bond acceptors (Lipinski definition) is 5. The van der Waals surface area contributed by atoms with Gasteiger partial charge in [-0.2, -0.15) is 0 Å². The molecule has 6 rings (SSSR count). The van der Waals surface area contributed by atoms with Crippen LogP contribution in [-0.2, 0) is 16.0 Å². The van der Waals surface area contributed by atoms with Crippen molar-refractivity contribution in [2.75, 3.05) is 13.4 Å². The van der Waals surface area contributed by atoms with Crippen molar-refractivity contribution in [1.82, 2.24) is 5.32 Å². The molecule has 196 valence electrons. The van der Waals surface area contributed by atoms with E-state index in [9.17, 15) is 14.7 Å². The van der Waals surface area contributed by atoms with Gasteiger partial charge >= 0.3 is 12.1 Å². The summed E-state index contributed by atoms with van der Waals surface area (Å²) in [5.41, 5.74) is 5.92. The Morgan fingerprint density at radius 3 is 2.18 bits per heavy atom. The Kier molecular flexibility index (Phi) is 6.63. The Hall–Kier alpha value is -4.78. The molecule has 0 bridgehead atoms. The van der Waals surface area contributed by atoms with E-state index in [0.29, 0.717) is 17.1 Å². The molecule has 2 aliphatic rings. The number of hydrogen-bond donors (Lipinski definition) is 2. The average molecular weight is 522 g/mol. The fraction of sp³-hybridized carbons (Fsp3) is 0.188. The van der Waals surface area contributed by atoms with Crippen LogP contribution < -0.4 is 14.8 Å². The molecule has 4 aromatic carbocycles. The number of benzene rings is 4. The minimum atomic E-state index is -1.03. The lowest BCUT2D eigenvalue weighted by molar-refractivity contribution is -0.142. The lowest BCUT2D eigenvalue weighted by Crippen LogP contribution is -2.38. The number of fused-ring (bicyclic) bond motifs is 4. The third-order valence-corrected chi connectivity index (χ3v) is 7.39. The first kappa shape index (κ1) is 24.6. The van der Waals surface area contributed by atoms with Gasteiger partial charge in [-0.15, -0.1) is 0 Å². The standard InChI is InChI=1S/C32H27NO6/c34-31(35)26(16-20-8-2-1-3-9-20)30(21-14-15-28-29(17-21)39-19-38-28)33-32(36)37-18-27-24-12-6-4-10-22(24)23-11-5-7-13-25(23)27/h1-15,17,26-27,30H,16,18-19H2,(H,33,36)(H,34,35). The van der Waals surface area contributed by atoms with Crippen LogP contribution in [0.1, 0.15) is 34.2 Å². The van der Waals surface area contributed by atoms with Crippen molar-refractivity contribution in [2.45, 2.75) is 18.4 Å². The number of carbonyl (C=O) groups excluding carboxylic acids is 1. The molecule has 0 radical (unpaired) electrons. The van der Waals surface area contributed by atoms with Crippen LogP contribution in [0, 0.1) is 5.92 Å². The zero-order chi connectivity index (χ0) is 26.8.